The fourth-order valence-corrected chi connectivity index (χ4v) is 4.31. The molecule has 0 aliphatic carbocycles. The molecule has 180 valence electrons. The molecule has 2 aromatic carbocycles. The number of rotatable bonds is 17. The van der Waals surface area contributed by atoms with E-state index >= 15 is 0 Å². The molecule has 0 amide bonds. The third-order valence-corrected chi connectivity index (χ3v) is 6.29. The predicted molar refractivity (Wildman–Crippen MR) is 142 cm³/mol. The second-order valence-electron chi connectivity index (χ2n) is 9.11. The average molecular weight is 450 g/mol. The SMILES string of the molecule is C=C(N)c1ccc(CCCCCCCC(CCC)CCCOc2ccc(C(=N)N)cc2)cc1. The van der Waals surface area contributed by atoms with Gasteiger partial charge in [0.2, 0.25) is 0 Å². The van der Waals surface area contributed by atoms with E-state index in [1.54, 1.807) is 0 Å². The summed E-state index contributed by atoms with van der Waals surface area (Å²) in [5, 5.41) is 7.45. The van der Waals surface area contributed by atoms with Crippen molar-refractivity contribution >= 4 is 11.5 Å². The molecule has 0 heterocycles. The Balaban J connectivity index is 1.54. The highest BCUT2D eigenvalue weighted by Crippen LogP contribution is 2.22. The number of amidine groups is 1. The van der Waals surface area contributed by atoms with E-state index in [0.717, 1.165) is 42.2 Å². The summed E-state index contributed by atoms with van der Waals surface area (Å²) >= 11 is 0. The molecule has 5 N–H and O–H groups in total. The molecule has 2 rings (SSSR count). The summed E-state index contributed by atoms with van der Waals surface area (Å²) in [7, 11) is 0. The lowest BCUT2D eigenvalue weighted by molar-refractivity contribution is 0.281. The fraction of sp³-hybridized carbons (Fsp3) is 0.483. The summed E-state index contributed by atoms with van der Waals surface area (Å²) in [4.78, 5) is 0. The lowest BCUT2D eigenvalue weighted by Gasteiger charge is -2.16. The van der Waals surface area contributed by atoms with E-state index in [9.17, 15) is 0 Å². The quantitative estimate of drug-likeness (QED) is 0.137. The first kappa shape index (κ1) is 26.5. The number of nitrogens with two attached hydrogens (primary N) is 2. The van der Waals surface area contributed by atoms with E-state index in [4.69, 9.17) is 21.6 Å². The number of aryl methyl sites for hydroxylation is 1. The summed E-state index contributed by atoms with van der Waals surface area (Å²) in [6.07, 6.45) is 14.0. The smallest absolute Gasteiger partial charge is 0.122 e. The highest BCUT2D eigenvalue weighted by molar-refractivity contribution is 5.94. The van der Waals surface area contributed by atoms with Gasteiger partial charge in [-0.1, -0.05) is 82.7 Å². The Morgan fingerprint density at radius 1 is 0.818 bits per heavy atom. The van der Waals surface area contributed by atoms with Crippen LogP contribution < -0.4 is 16.2 Å². The number of unbranched alkanes of at least 4 members (excludes halogenated alkanes) is 4. The van der Waals surface area contributed by atoms with Crippen molar-refractivity contribution in [3.05, 3.63) is 71.8 Å². The van der Waals surface area contributed by atoms with Crippen molar-refractivity contribution in [3.8, 4) is 5.75 Å². The Morgan fingerprint density at radius 3 is 2.06 bits per heavy atom. The van der Waals surface area contributed by atoms with Crippen LogP contribution in [0.15, 0.2) is 55.1 Å². The van der Waals surface area contributed by atoms with E-state index in [0.29, 0.717) is 5.70 Å². The second-order valence-corrected chi connectivity index (χ2v) is 9.11. The molecule has 0 radical (unpaired) electrons. The minimum absolute atomic E-state index is 0.0912. The van der Waals surface area contributed by atoms with Crippen molar-refractivity contribution in [2.24, 2.45) is 17.4 Å². The van der Waals surface area contributed by atoms with Crippen LogP contribution in [0.4, 0.5) is 0 Å². The first-order chi connectivity index (χ1) is 16.0. The molecule has 33 heavy (non-hydrogen) atoms. The Hall–Kier alpha value is -2.75. The molecular formula is C29H43N3O. The van der Waals surface area contributed by atoms with Crippen LogP contribution in [0.25, 0.3) is 5.70 Å². The van der Waals surface area contributed by atoms with Gasteiger partial charge in [-0.2, -0.15) is 0 Å². The van der Waals surface area contributed by atoms with Gasteiger partial charge in [-0.05, 0) is 67.0 Å². The Bertz CT molecular complexity index is 827. The van der Waals surface area contributed by atoms with Crippen LogP contribution >= 0.6 is 0 Å². The molecule has 1 unspecified atom stereocenters. The van der Waals surface area contributed by atoms with Crippen molar-refractivity contribution in [1.29, 1.82) is 5.41 Å². The molecule has 0 aliphatic heterocycles. The van der Waals surface area contributed by atoms with Crippen molar-refractivity contribution in [2.75, 3.05) is 6.61 Å². The molecular weight excluding hydrogens is 406 g/mol. The number of nitrogen functional groups attached to an aromatic ring is 1. The largest absolute Gasteiger partial charge is 0.494 e. The van der Waals surface area contributed by atoms with Crippen molar-refractivity contribution in [1.82, 2.24) is 0 Å². The van der Waals surface area contributed by atoms with Crippen LogP contribution in [0.2, 0.25) is 0 Å². The molecule has 4 nitrogen and oxygen atoms in total. The first-order valence-corrected chi connectivity index (χ1v) is 12.6. The van der Waals surface area contributed by atoms with E-state index in [2.05, 4.69) is 37.8 Å². The highest BCUT2D eigenvalue weighted by atomic mass is 16.5. The Morgan fingerprint density at radius 2 is 1.42 bits per heavy atom. The average Bonchev–Trinajstić information content (AvgIpc) is 2.81. The Labute approximate surface area is 200 Å². The van der Waals surface area contributed by atoms with Crippen LogP contribution in [0.1, 0.15) is 87.8 Å². The molecule has 0 bridgehead atoms. The summed E-state index contributed by atoms with van der Waals surface area (Å²) in [5.74, 6) is 1.76. The summed E-state index contributed by atoms with van der Waals surface area (Å²) in [6.45, 7) is 6.82. The maximum atomic E-state index is 7.45. The van der Waals surface area contributed by atoms with E-state index in [1.165, 1.54) is 63.4 Å². The first-order valence-electron chi connectivity index (χ1n) is 12.6. The predicted octanol–water partition coefficient (Wildman–Crippen LogP) is 7.06. The second kappa shape index (κ2) is 15.2. The van der Waals surface area contributed by atoms with E-state index in [1.807, 2.05) is 24.3 Å². The maximum absolute atomic E-state index is 7.45. The van der Waals surface area contributed by atoms with Crippen molar-refractivity contribution in [3.63, 3.8) is 0 Å². The zero-order valence-corrected chi connectivity index (χ0v) is 20.5. The minimum Gasteiger partial charge on any atom is -0.494 e. The third-order valence-electron chi connectivity index (χ3n) is 6.29. The molecule has 0 aromatic heterocycles. The summed E-state index contributed by atoms with van der Waals surface area (Å²) < 4.78 is 5.87. The molecule has 4 heteroatoms. The highest BCUT2D eigenvalue weighted by Gasteiger charge is 2.08. The zero-order valence-electron chi connectivity index (χ0n) is 20.5. The van der Waals surface area contributed by atoms with Gasteiger partial charge >= 0.3 is 0 Å². The standard InChI is InChI=1S/C29H43N3O/c1-3-10-24(13-9-22-33-28-20-18-27(19-21-28)29(31)32)11-7-5-4-6-8-12-25-14-16-26(17-15-25)23(2)30/h14-21,24H,2-13,22,30H2,1H3,(H3,31,32). The van der Waals surface area contributed by atoms with Gasteiger partial charge < -0.3 is 16.2 Å². The Kier molecular flexibility index (Phi) is 12.2. The number of ether oxygens (including phenoxy) is 1. The third kappa shape index (κ3) is 10.6. The minimum atomic E-state index is 0.0912. The fourth-order valence-electron chi connectivity index (χ4n) is 4.31. The van der Waals surface area contributed by atoms with Gasteiger partial charge in [-0.3, -0.25) is 5.41 Å². The zero-order chi connectivity index (χ0) is 23.9. The number of hydrogen-bond acceptors (Lipinski definition) is 3. The van der Waals surface area contributed by atoms with Gasteiger partial charge in [0.15, 0.2) is 0 Å². The summed E-state index contributed by atoms with van der Waals surface area (Å²) in [6, 6.07) is 16.0. The van der Waals surface area contributed by atoms with Crippen LogP contribution in [0.3, 0.4) is 0 Å². The summed E-state index contributed by atoms with van der Waals surface area (Å²) in [5.41, 5.74) is 15.0. The van der Waals surface area contributed by atoms with Gasteiger partial charge in [0.25, 0.3) is 0 Å². The molecule has 1 atom stereocenters. The molecule has 0 aliphatic rings. The molecule has 0 saturated heterocycles. The van der Waals surface area contributed by atoms with Gasteiger partial charge in [-0.15, -0.1) is 0 Å². The van der Waals surface area contributed by atoms with Crippen molar-refractivity contribution < 1.29 is 4.74 Å². The van der Waals surface area contributed by atoms with Gasteiger partial charge in [0.1, 0.15) is 11.6 Å². The lowest BCUT2D eigenvalue weighted by Crippen LogP contribution is -2.10. The maximum Gasteiger partial charge on any atom is 0.122 e. The van der Waals surface area contributed by atoms with E-state index < -0.39 is 0 Å². The molecule has 0 saturated carbocycles. The normalized spacial score (nSPS) is 11.8. The van der Waals surface area contributed by atoms with Gasteiger partial charge in [0, 0.05) is 11.3 Å². The number of nitrogens with one attached hydrogen (secondary N) is 1. The molecule has 2 aromatic rings. The monoisotopic (exact) mass is 449 g/mol. The lowest BCUT2D eigenvalue weighted by atomic mass is 9.92. The number of benzene rings is 2. The van der Waals surface area contributed by atoms with Gasteiger partial charge in [-0.25, -0.2) is 0 Å². The van der Waals surface area contributed by atoms with Gasteiger partial charge in [0.05, 0.1) is 6.61 Å². The van der Waals surface area contributed by atoms with Crippen LogP contribution in [-0.2, 0) is 6.42 Å². The topological polar surface area (TPSA) is 85.1 Å². The van der Waals surface area contributed by atoms with Crippen molar-refractivity contribution in [2.45, 2.75) is 77.6 Å². The van der Waals surface area contributed by atoms with Crippen LogP contribution in [0.5, 0.6) is 5.75 Å². The van der Waals surface area contributed by atoms with Crippen LogP contribution in [0, 0.1) is 11.3 Å². The molecule has 0 fully saturated rings. The van der Waals surface area contributed by atoms with E-state index in [-0.39, 0.29) is 5.84 Å². The van der Waals surface area contributed by atoms with Crippen LogP contribution in [-0.4, -0.2) is 12.4 Å². The number of hydrogen-bond donors (Lipinski definition) is 3. The molecule has 0 spiro atoms.